The Morgan fingerprint density at radius 3 is 2.62 bits per heavy atom. The molecule has 1 saturated heterocycles. The number of aromatic nitrogens is 4. The molecule has 0 spiro atoms. The Morgan fingerprint density at radius 1 is 1.28 bits per heavy atom. The topological polar surface area (TPSA) is 261 Å². The van der Waals surface area contributed by atoms with E-state index in [1.54, 1.807) is 0 Å². The molecule has 19 heteroatoms. The van der Waals surface area contributed by atoms with Gasteiger partial charge in [0.25, 0.3) is 0 Å². The maximum atomic E-state index is 11.4. The molecule has 1 aliphatic rings. The molecule has 1 aliphatic heterocycles. The lowest BCUT2D eigenvalue weighted by molar-refractivity contribution is -0.0474. The molecule has 2 aromatic rings. The third-order valence-electron chi connectivity index (χ3n) is 3.82. The first-order valence-corrected chi connectivity index (χ1v) is 10.6. The number of nitrogens with zero attached hydrogens (tertiary/aromatic N) is 7. The van der Waals surface area contributed by atoms with Gasteiger partial charge in [-0.25, -0.2) is 24.1 Å². The zero-order valence-corrected chi connectivity index (χ0v) is 15.9. The second kappa shape index (κ2) is 7.93. The highest BCUT2D eigenvalue weighted by atomic mass is 31.2. The SMILES string of the molecule is [N-]=[N+]=N[C@@H]1[C@@H](OP(=O)(O)O)[C@H](n2cnc3c(N)ncnc32)O[C@@H]1COP(=O)(O)O. The fourth-order valence-corrected chi connectivity index (χ4v) is 3.67. The van der Waals surface area contributed by atoms with Crippen LogP contribution in [0.5, 0.6) is 0 Å². The Balaban J connectivity index is 2.04. The van der Waals surface area contributed by atoms with Crippen molar-refractivity contribution in [3.05, 3.63) is 23.1 Å². The predicted molar refractivity (Wildman–Crippen MR) is 91.5 cm³/mol. The van der Waals surface area contributed by atoms with Crippen LogP contribution >= 0.6 is 15.6 Å². The summed E-state index contributed by atoms with van der Waals surface area (Å²) in [7, 11) is -10.0. The number of nitrogens with two attached hydrogens (primary N) is 1. The van der Waals surface area contributed by atoms with Crippen molar-refractivity contribution in [3.8, 4) is 0 Å². The summed E-state index contributed by atoms with van der Waals surface area (Å²) in [6.45, 7) is -0.769. The number of fused-ring (bicyclic) bond motifs is 1. The molecule has 17 nitrogen and oxygen atoms in total. The number of hydrogen-bond donors (Lipinski definition) is 5. The number of phosphoric acid groups is 2. The van der Waals surface area contributed by atoms with E-state index in [1.165, 1.54) is 10.9 Å². The van der Waals surface area contributed by atoms with E-state index >= 15 is 0 Å². The highest BCUT2D eigenvalue weighted by Gasteiger charge is 2.49. The van der Waals surface area contributed by atoms with Crippen LogP contribution in [0.25, 0.3) is 21.6 Å². The Labute approximate surface area is 160 Å². The van der Waals surface area contributed by atoms with Crippen molar-refractivity contribution in [1.29, 1.82) is 0 Å². The summed E-state index contributed by atoms with van der Waals surface area (Å²) in [5.74, 6) is 0.0205. The van der Waals surface area contributed by atoms with E-state index in [0.29, 0.717) is 0 Å². The number of hydrogen-bond acceptors (Lipinski definition) is 10. The number of rotatable bonds is 7. The number of phosphoric ester groups is 2. The monoisotopic (exact) mass is 452 g/mol. The number of imidazole rings is 1. The maximum absolute atomic E-state index is 11.4. The molecule has 1 fully saturated rings. The lowest BCUT2D eigenvalue weighted by atomic mass is 10.1. The van der Waals surface area contributed by atoms with Gasteiger partial charge in [0.15, 0.2) is 17.7 Å². The van der Waals surface area contributed by atoms with E-state index in [0.717, 1.165) is 6.33 Å². The number of nitrogen functional groups attached to an aromatic ring is 1. The van der Waals surface area contributed by atoms with Gasteiger partial charge in [0.1, 0.15) is 17.9 Å². The van der Waals surface area contributed by atoms with Gasteiger partial charge in [0, 0.05) is 4.91 Å². The molecule has 29 heavy (non-hydrogen) atoms. The normalized spacial score (nSPS) is 25.2. The molecule has 6 N–H and O–H groups in total. The average Bonchev–Trinajstić information content (AvgIpc) is 3.15. The van der Waals surface area contributed by atoms with Crippen molar-refractivity contribution in [1.82, 2.24) is 19.5 Å². The third-order valence-corrected chi connectivity index (χ3v) is 4.83. The smallest absolute Gasteiger partial charge is 0.382 e. The van der Waals surface area contributed by atoms with Gasteiger partial charge in [0.2, 0.25) is 0 Å². The molecule has 2 aromatic heterocycles. The van der Waals surface area contributed by atoms with Crippen LogP contribution in [0.2, 0.25) is 0 Å². The van der Waals surface area contributed by atoms with E-state index in [9.17, 15) is 18.9 Å². The quantitative estimate of drug-likeness (QED) is 0.155. The molecule has 0 radical (unpaired) electrons. The Hall–Kier alpha value is -2.16. The van der Waals surface area contributed by atoms with Gasteiger partial charge in [0.05, 0.1) is 25.1 Å². The van der Waals surface area contributed by atoms with Gasteiger partial charge < -0.3 is 30.0 Å². The highest BCUT2D eigenvalue weighted by molar-refractivity contribution is 7.46. The van der Waals surface area contributed by atoms with E-state index < -0.39 is 46.7 Å². The minimum Gasteiger partial charge on any atom is -0.382 e. The summed E-state index contributed by atoms with van der Waals surface area (Å²) in [6, 6.07) is -1.43. The van der Waals surface area contributed by atoms with Crippen LogP contribution in [-0.2, 0) is 22.9 Å². The minimum absolute atomic E-state index is 0.0205. The Kier molecular flexibility index (Phi) is 5.89. The van der Waals surface area contributed by atoms with Gasteiger partial charge >= 0.3 is 15.6 Å². The van der Waals surface area contributed by atoms with Gasteiger partial charge in [-0.2, -0.15) is 0 Å². The van der Waals surface area contributed by atoms with E-state index in [2.05, 4.69) is 29.5 Å². The van der Waals surface area contributed by atoms with Crippen molar-refractivity contribution >= 4 is 32.6 Å². The summed E-state index contributed by atoms with van der Waals surface area (Å²) < 4.78 is 38.4. The van der Waals surface area contributed by atoms with Crippen molar-refractivity contribution in [3.63, 3.8) is 0 Å². The van der Waals surface area contributed by atoms with E-state index in [1.807, 2.05) is 0 Å². The summed E-state index contributed by atoms with van der Waals surface area (Å²) in [5.41, 5.74) is 14.8. The van der Waals surface area contributed by atoms with Crippen LogP contribution < -0.4 is 5.73 Å². The van der Waals surface area contributed by atoms with Crippen molar-refractivity contribution in [2.45, 2.75) is 24.5 Å². The first kappa shape index (κ1) is 21.5. The molecule has 3 heterocycles. The van der Waals surface area contributed by atoms with Gasteiger partial charge in [-0.1, -0.05) is 5.11 Å². The molecule has 0 amide bonds. The van der Waals surface area contributed by atoms with Crippen molar-refractivity contribution in [2.75, 3.05) is 12.3 Å². The fourth-order valence-electron chi connectivity index (χ4n) is 2.78. The van der Waals surface area contributed by atoms with Crippen molar-refractivity contribution < 1.29 is 42.5 Å². The minimum atomic E-state index is -5.11. The fraction of sp³-hybridized carbons (Fsp3) is 0.500. The average molecular weight is 452 g/mol. The molecule has 158 valence electrons. The zero-order valence-electron chi connectivity index (χ0n) is 14.1. The van der Waals surface area contributed by atoms with E-state index in [4.69, 9.17) is 30.3 Å². The maximum Gasteiger partial charge on any atom is 0.470 e. The first-order valence-electron chi connectivity index (χ1n) is 7.57. The van der Waals surface area contributed by atoms with E-state index in [-0.39, 0.29) is 17.0 Å². The zero-order chi connectivity index (χ0) is 21.4. The molecular weight excluding hydrogens is 438 g/mol. The van der Waals surface area contributed by atoms with Crippen LogP contribution in [0, 0.1) is 0 Å². The summed E-state index contributed by atoms with van der Waals surface area (Å²) in [6.07, 6.45) is -2.01. The largest absolute Gasteiger partial charge is 0.470 e. The predicted octanol–water partition coefficient (Wildman–Crippen LogP) is -0.428. The molecule has 3 rings (SSSR count). The summed E-state index contributed by atoms with van der Waals surface area (Å²) in [5, 5.41) is 3.39. The second-order valence-corrected chi connectivity index (χ2v) is 8.12. The first-order chi connectivity index (χ1) is 13.5. The molecule has 0 aromatic carbocycles. The van der Waals surface area contributed by atoms with Crippen LogP contribution in [-0.4, -0.2) is 63.9 Å². The van der Waals surface area contributed by atoms with Gasteiger partial charge in [-0.05, 0) is 5.53 Å². The number of azide groups is 1. The molecule has 4 atom stereocenters. The molecule has 0 unspecified atom stereocenters. The summed E-state index contributed by atoms with van der Waals surface area (Å²) in [4.78, 5) is 50.6. The summed E-state index contributed by atoms with van der Waals surface area (Å²) >= 11 is 0. The lowest BCUT2D eigenvalue weighted by Crippen LogP contribution is -2.33. The van der Waals surface area contributed by atoms with Crippen molar-refractivity contribution in [2.24, 2.45) is 5.11 Å². The molecular formula is C10H14N8O9P2. The van der Waals surface area contributed by atoms with Gasteiger partial charge in [-0.3, -0.25) is 13.6 Å². The molecule has 0 bridgehead atoms. The molecule has 0 aliphatic carbocycles. The van der Waals surface area contributed by atoms with Gasteiger partial charge in [-0.15, -0.1) is 0 Å². The lowest BCUT2D eigenvalue weighted by Gasteiger charge is -2.22. The Bertz CT molecular complexity index is 1040. The molecule has 0 saturated carbocycles. The van der Waals surface area contributed by atoms with Crippen LogP contribution in [0.3, 0.4) is 0 Å². The second-order valence-electron chi connectivity index (χ2n) is 5.69. The highest BCUT2D eigenvalue weighted by Crippen LogP contribution is 2.47. The van der Waals surface area contributed by atoms with Crippen LogP contribution in [0.1, 0.15) is 6.23 Å². The van der Waals surface area contributed by atoms with Crippen LogP contribution in [0.15, 0.2) is 17.8 Å². The Morgan fingerprint density at radius 2 is 2.00 bits per heavy atom. The standard InChI is InChI=1S/C10H14N8O9P2/c11-8-6-9(14-2-13-8)18(3-15-6)10-7(27-29(22,23)24)5(16-17-12)4(26-10)1-25-28(19,20)21/h2-5,7,10H,1H2,(H2,11,13,14)(H2,19,20,21)(H2,22,23,24)/t4-,5+,7-,10-/m1/s1. The van der Waals surface area contributed by atoms with Crippen LogP contribution in [0.4, 0.5) is 5.82 Å². The number of ether oxygens (including phenoxy) is 1. The number of anilines is 1. The third kappa shape index (κ3) is 4.88.